The van der Waals surface area contributed by atoms with Crippen LogP contribution in [0.3, 0.4) is 0 Å². The lowest BCUT2D eigenvalue weighted by molar-refractivity contribution is 0.154. The Morgan fingerprint density at radius 1 is 1.47 bits per heavy atom. The van der Waals surface area contributed by atoms with Gasteiger partial charge in [-0.1, -0.05) is 20.8 Å². The Balaban J connectivity index is 2.47. The van der Waals surface area contributed by atoms with Crippen molar-refractivity contribution in [3.05, 3.63) is 23.0 Å². The summed E-state index contributed by atoms with van der Waals surface area (Å²) in [5.41, 5.74) is 3.89. The maximum absolute atomic E-state index is 10.1. The average molecular weight is 235 g/mol. The Bertz CT molecular complexity index is 392. The average Bonchev–Trinajstić information content (AvgIpc) is 2.59. The zero-order valence-corrected chi connectivity index (χ0v) is 11.5. The molecular weight excluding hydrogens is 210 g/mol. The number of rotatable bonds is 3. The van der Waals surface area contributed by atoms with E-state index in [4.69, 9.17) is 0 Å². The van der Waals surface area contributed by atoms with E-state index in [-0.39, 0.29) is 6.10 Å². The lowest BCUT2D eigenvalue weighted by Crippen LogP contribution is -2.20. The topological polar surface area (TPSA) is 25.2 Å². The van der Waals surface area contributed by atoms with Crippen LogP contribution in [-0.2, 0) is 6.42 Å². The van der Waals surface area contributed by atoms with Crippen molar-refractivity contribution in [2.45, 2.75) is 65.5 Å². The number of fused-ring (bicyclic) bond motifs is 1. The highest BCUT2D eigenvalue weighted by Crippen LogP contribution is 2.36. The van der Waals surface area contributed by atoms with Crippen molar-refractivity contribution >= 4 is 0 Å². The van der Waals surface area contributed by atoms with Crippen LogP contribution < -0.4 is 0 Å². The summed E-state index contributed by atoms with van der Waals surface area (Å²) in [6, 6.07) is 2.77. The quantitative estimate of drug-likeness (QED) is 0.847. The number of aliphatic hydroxyl groups is 1. The fourth-order valence-corrected chi connectivity index (χ4v) is 3.32. The largest absolute Gasteiger partial charge is 0.388 e. The van der Waals surface area contributed by atoms with Gasteiger partial charge >= 0.3 is 0 Å². The van der Waals surface area contributed by atoms with Gasteiger partial charge in [-0.15, -0.1) is 0 Å². The number of aliphatic hydroxyl groups excluding tert-OH is 1. The van der Waals surface area contributed by atoms with E-state index >= 15 is 0 Å². The van der Waals surface area contributed by atoms with Crippen molar-refractivity contribution in [2.24, 2.45) is 5.92 Å². The van der Waals surface area contributed by atoms with Crippen molar-refractivity contribution in [3.8, 4) is 0 Å². The summed E-state index contributed by atoms with van der Waals surface area (Å²) in [7, 11) is 0. The van der Waals surface area contributed by atoms with E-state index in [1.807, 2.05) is 0 Å². The van der Waals surface area contributed by atoms with Gasteiger partial charge in [-0.25, -0.2) is 0 Å². The van der Waals surface area contributed by atoms with Gasteiger partial charge in [-0.05, 0) is 44.6 Å². The summed E-state index contributed by atoms with van der Waals surface area (Å²) in [5, 5.41) is 10.1. The molecule has 2 rings (SSSR count). The maximum Gasteiger partial charge on any atom is 0.0807 e. The molecule has 0 radical (unpaired) electrons. The summed E-state index contributed by atoms with van der Waals surface area (Å²) in [5.74, 6) is 0.647. The van der Waals surface area contributed by atoms with Crippen molar-refractivity contribution in [2.75, 3.05) is 0 Å². The molecule has 0 aliphatic heterocycles. The molecular formula is C15H25NO. The molecule has 1 heterocycles. The molecule has 0 spiro atoms. The standard InChI is InChI=1S/C15H25NO/c1-5-13(10(2)3)16-11(4)9-12-14(16)7-6-8-15(12)17/h9-10,13,15,17H,5-8H2,1-4H3. The van der Waals surface area contributed by atoms with Crippen LogP contribution in [0.25, 0.3) is 0 Å². The van der Waals surface area contributed by atoms with Crippen LogP contribution in [-0.4, -0.2) is 9.67 Å². The van der Waals surface area contributed by atoms with E-state index in [2.05, 4.69) is 38.3 Å². The highest BCUT2D eigenvalue weighted by molar-refractivity contribution is 5.32. The minimum Gasteiger partial charge on any atom is -0.388 e. The maximum atomic E-state index is 10.1. The minimum absolute atomic E-state index is 0.233. The van der Waals surface area contributed by atoms with Gasteiger partial charge in [0, 0.05) is 23.0 Å². The molecule has 2 nitrogen and oxygen atoms in total. The number of hydrogen-bond acceptors (Lipinski definition) is 1. The van der Waals surface area contributed by atoms with E-state index in [1.54, 1.807) is 0 Å². The Hall–Kier alpha value is -0.760. The highest BCUT2D eigenvalue weighted by Gasteiger charge is 2.26. The summed E-state index contributed by atoms with van der Waals surface area (Å²) in [6.45, 7) is 9.02. The zero-order chi connectivity index (χ0) is 12.6. The van der Waals surface area contributed by atoms with Crippen LogP contribution in [0.15, 0.2) is 6.07 Å². The second kappa shape index (κ2) is 4.85. The summed E-state index contributed by atoms with van der Waals surface area (Å²) in [4.78, 5) is 0. The summed E-state index contributed by atoms with van der Waals surface area (Å²) < 4.78 is 2.49. The highest BCUT2D eigenvalue weighted by atomic mass is 16.3. The monoisotopic (exact) mass is 235 g/mol. The number of hydrogen-bond donors (Lipinski definition) is 1. The van der Waals surface area contributed by atoms with Crippen LogP contribution in [0, 0.1) is 12.8 Å². The number of aromatic nitrogens is 1. The van der Waals surface area contributed by atoms with Gasteiger partial charge in [-0.2, -0.15) is 0 Å². The van der Waals surface area contributed by atoms with Gasteiger partial charge in [0.05, 0.1) is 6.10 Å². The van der Waals surface area contributed by atoms with E-state index in [0.717, 1.165) is 25.7 Å². The first kappa shape index (κ1) is 12.7. The second-order valence-corrected chi connectivity index (χ2v) is 5.69. The van der Waals surface area contributed by atoms with Crippen molar-refractivity contribution in [1.29, 1.82) is 0 Å². The van der Waals surface area contributed by atoms with E-state index in [0.29, 0.717) is 12.0 Å². The summed E-state index contributed by atoms with van der Waals surface area (Å²) in [6.07, 6.45) is 4.10. The molecule has 1 aliphatic rings. The van der Waals surface area contributed by atoms with Crippen LogP contribution in [0.1, 0.15) is 69.1 Å². The van der Waals surface area contributed by atoms with E-state index in [1.165, 1.54) is 17.0 Å². The minimum atomic E-state index is -0.233. The van der Waals surface area contributed by atoms with Gasteiger partial charge in [0.2, 0.25) is 0 Å². The van der Waals surface area contributed by atoms with Crippen LogP contribution in [0.5, 0.6) is 0 Å². The molecule has 17 heavy (non-hydrogen) atoms. The third-order valence-corrected chi connectivity index (χ3v) is 4.14. The molecule has 2 heteroatoms. The first-order chi connectivity index (χ1) is 8.06. The third kappa shape index (κ3) is 2.15. The van der Waals surface area contributed by atoms with Gasteiger partial charge in [-0.3, -0.25) is 0 Å². The summed E-state index contributed by atoms with van der Waals surface area (Å²) >= 11 is 0. The predicted molar refractivity (Wildman–Crippen MR) is 71.2 cm³/mol. The normalized spacial score (nSPS) is 21.6. The van der Waals surface area contributed by atoms with Gasteiger partial charge in [0.15, 0.2) is 0 Å². The fourth-order valence-electron chi connectivity index (χ4n) is 3.32. The fraction of sp³-hybridized carbons (Fsp3) is 0.733. The SMILES string of the molecule is CCC(C(C)C)n1c(C)cc2c1CCCC2O. The molecule has 96 valence electrons. The first-order valence-electron chi connectivity index (χ1n) is 6.94. The van der Waals surface area contributed by atoms with Crippen LogP contribution >= 0.6 is 0 Å². The Morgan fingerprint density at radius 2 is 2.18 bits per heavy atom. The molecule has 1 aromatic rings. The molecule has 0 saturated carbocycles. The van der Waals surface area contributed by atoms with Gasteiger partial charge in [0.25, 0.3) is 0 Å². The molecule has 2 atom stereocenters. The van der Waals surface area contributed by atoms with Crippen LogP contribution in [0.2, 0.25) is 0 Å². The Labute approximate surface area is 105 Å². The number of aryl methyl sites for hydroxylation is 1. The molecule has 0 aromatic carbocycles. The molecule has 0 fully saturated rings. The molecule has 2 unspecified atom stereocenters. The lowest BCUT2D eigenvalue weighted by atomic mass is 9.94. The molecule has 0 bridgehead atoms. The Morgan fingerprint density at radius 3 is 2.76 bits per heavy atom. The van der Waals surface area contributed by atoms with Gasteiger partial charge in [0.1, 0.15) is 0 Å². The molecule has 0 amide bonds. The van der Waals surface area contributed by atoms with Crippen LogP contribution in [0.4, 0.5) is 0 Å². The van der Waals surface area contributed by atoms with E-state index in [9.17, 15) is 5.11 Å². The number of nitrogens with zero attached hydrogens (tertiary/aromatic N) is 1. The molecule has 1 aromatic heterocycles. The second-order valence-electron chi connectivity index (χ2n) is 5.69. The molecule has 1 N–H and O–H groups in total. The van der Waals surface area contributed by atoms with Crippen molar-refractivity contribution < 1.29 is 5.11 Å². The van der Waals surface area contributed by atoms with Crippen molar-refractivity contribution in [1.82, 2.24) is 4.57 Å². The van der Waals surface area contributed by atoms with E-state index < -0.39 is 0 Å². The molecule has 0 saturated heterocycles. The Kier molecular flexibility index (Phi) is 3.62. The lowest BCUT2D eigenvalue weighted by Gasteiger charge is -2.28. The predicted octanol–water partition coefficient (Wildman–Crippen LogP) is 3.77. The van der Waals surface area contributed by atoms with Gasteiger partial charge < -0.3 is 9.67 Å². The van der Waals surface area contributed by atoms with Crippen molar-refractivity contribution in [3.63, 3.8) is 0 Å². The third-order valence-electron chi connectivity index (χ3n) is 4.14. The zero-order valence-electron chi connectivity index (χ0n) is 11.5. The smallest absolute Gasteiger partial charge is 0.0807 e. The molecule has 1 aliphatic carbocycles. The first-order valence-corrected chi connectivity index (χ1v) is 6.94.